The molecule has 9 atom stereocenters. The molecule has 1 aromatic carbocycles. The van der Waals surface area contributed by atoms with Gasteiger partial charge in [0, 0.05) is 53.9 Å². The van der Waals surface area contributed by atoms with Crippen LogP contribution in [0.2, 0.25) is 5.02 Å². The number of fused-ring (bicyclic) bond motifs is 7. The molecule has 0 aromatic heterocycles. The Morgan fingerprint density at radius 1 is 1.02 bits per heavy atom. The van der Waals surface area contributed by atoms with Crippen LogP contribution in [0.15, 0.2) is 48.1 Å². The summed E-state index contributed by atoms with van der Waals surface area (Å²) in [7, 11) is 0. The van der Waals surface area contributed by atoms with Crippen molar-refractivity contribution >= 4 is 41.0 Å². The summed E-state index contributed by atoms with van der Waals surface area (Å²) in [6.45, 7) is 9.03. The lowest BCUT2D eigenvalue weighted by Gasteiger charge is -2.63. The van der Waals surface area contributed by atoms with E-state index in [1.54, 1.807) is 57.0 Å². The number of rotatable bonds is 4. The van der Waals surface area contributed by atoms with Gasteiger partial charge in [0.25, 0.3) is 0 Å². The second-order valence-corrected chi connectivity index (χ2v) is 17.0. The summed E-state index contributed by atoms with van der Waals surface area (Å²) in [5.74, 6) is -3.10. The Balaban J connectivity index is 1.15. The van der Waals surface area contributed by atoms with E-state index in [4.69, 9.17) is 25.9 Å². The number of piperazine rings is 1. The van der Waals surface area contributed by atoms with E-state index in [1.807, 2.05) is 0 Å². The molecule has 4 aliphatic carbocycles. The summed E-state index contributed by atoms with van der Waals surface area (Å²) in [6.07, 6.45) is -0.881. The molecule has 0 spiro atoms. The third-order valence-electron chi connectivity index (χ3n) is 12.7. The fourth-order valence-electron chi connectivity index (χ4n) is 10.2. The normalized spacial score (nSPS) is 38.2. The Kier molecular flexibility index (Phi) is 8.85. The fourth-order valence-corrected chi connectivity index (χ4v) is 10.4. The van der Waals surface area contributed by atoms with Gasteiger partial charge in [-0.3, -0.25) is 19.5 Å². The number of ether oxygens (including phenoxy) is 2. The molecule has 2 amide bonds. The molecular weight excluding hydrogens is 700 g/mol. The number of allylic oxidation sites excluding steroid dienone is 4. The molecule has 2 heterocycles. The zero-order chi connectivity index (χ0) is 37.6. The topological polar surface area (TPSA) is 126 Å². The Hall–Kier alpha value is -3.55. The van der Waals surface area contributed by atoms with Gasteiger partial charge in [-0.25, -0.2) is 18.4 Å². The number of carbonyl (C=O) groups is 4. The van der Waals surface area contributed by atoms with Crippen molar-refractivity contribution in [3.05, 3.63) is 53.1 Å². The minimum absolute atomic E-state index is 0.0226. The molecule has 2 saturated heterocycles. The van der Waals surface area contributed by atoms with Crippen LogP contribution in [0.4, 0.5) is 24.1 Å². The van der Waals surface area contributed by atoms with Gasteiger partial charge in [0.2, 0.25) is 5.78 Å². The van der Waals surface area contributed by atoms with E-state index in [2.05, 4.69) is 0 Å². The molecule has 2 aliphatic heterocycles. The van der Waals surface area contributed by atoms with E-state index in [0.717, 1.165) is 6.08 Å². The van der Waals surface area contributed by atoms with Crippen molar-refractivity contribution in [3.63, 3.8) is 0 Å². The van der Waals surface area contributed by atoms with Gasteiger partial charge in [-0.2, -0.15) is 0 Å². The number of hydroxylamine groups is 1. The number of hydrogen-bond acceptors (Lipinski definition) is 9. The molecule has 11 nitrogen and oxygen atoms in total. The van der Waals surface area contributed by atoms with Gasteiger partial charge in [0.1, 0.15) is 11.8 Å². The molecule has 1 N–H and O–H groups in total. The van der Waals surface area contributed by atoms with E-state index in [0.29, 0.717) is 17.1 Å². The van der Waals surface area contributed by atoms with Gasteiger partial charge >= 0.3 is 12.2 Å². The predicted octanol–water partition coefficient (Wildman–Crippen LogP) is 5.63. The largest absolute Gasteiger partial charge is 0.444 e. The van der Waals surface area contributed by atoms with Gasteiger partial charge in [-0.1, -0.05) is 24.6 Å². The Morgan fingerprint density at radius 2 is 1.65 bits per heavy atom. The first-order valence-corrected chi connectivity index (χ1v) is 18.3. The third kappa shape index (κ3) is 5.47. The lowest BCUT2D eigenvalue weighted by molar-refractivity contribution is -0.228. The first-order valence-electron chi connectivity index (χ1n) is 18.0. The van der Waals surface area contributed by atoms with Crippen LogP contribution in [-0.4, -0.2) is 107 Å². The first-order chi connectivity index (χ1) is 24.3. The zero-order valence-electron chi connectivity index (χ0n) is 30.1. The molecule has 1 aromatic rings. The van der Waals surface area contributed by atoms with Crippen molar-refractivity contribution in [1.29, 1.82) is 0 Å². The maximum atomic E-state index is 17.9. The molecule has 0 bridgehead atoms. The SMILES string of the molecule is CC(C)(C)OC(=O)N1CCN(C(=O)OCC(=O)[C@@]23ON(c4ccc(Cl)cc4)C[C@@H]2C[C@H]2[C@@H]4C[C@H](F)C5=CC(=O)C=C[C@]5(C)[C@@]4(F)[C@@H](O)C[C@@]23C)CC1. The smallest absolute Gasteiger partial charge is 0.410 e. The van der Waals surface area contributed by atoms with Crippen molar-refractivity contribution in [3.8, 4) is 0 Å². The van der Waals surface area contributed by atoms with Crippen LogP contribution in [0.5, 0.6) is 0 Å². The van der Waals surface area contributed by atoms with Crippen LogP contribution in [0, 0.1) is 28.6 Å². The first kappa shape index (κ1) is 36.8. The molecule has 3 saturated carbocycles. The van der Waals surface area contributed by atoms with Gasteiger partial charge in [0.05, 0.1) is 18.3 Å². The molecule has 14 heteroatoms. The quantitative estimate of drug-likeness (QED) is 0.417. The average Bonchev–Trinajstić information content (AvgIpc) is 3.58. The molecule has 7 rings (SSSR count). The van der Waals surface area contributed by atoms with Crippen molar-refractivity contribution in [2.45, 2.75) is 83.0 Å². The summed E-state index contributed by atoms with van der Waals surface area (Å²) in [5, 5.41) is 14.0. The average molecular weight is 746 g/mol. The number of carbonyl (C=O) groups excluding carboxylic acids is 4. The van der Waals surface area contributed by atoms with Crippen LogP contribution in [-0.2, 0) is 23.9 Å². The number of benzene rings is 1. The number of aliphatic hydroxyl groups excluding tert-OH is 1. The highest BCUT2D eigenvalue weighted by Gasteiger charge is 2.79. The summed E-state index contributed by atoms with van der Waals surface area (Å²) >= 11 is 6.15. The zero-order valence-corrected chi connectivity index (χ0v) is 30.8. The second kappa shape index (κ2) is 12.5. The van der Waals surface area contributed by atoms with Gasteiger partial charge < -0.3 is 24.4 Å². The highest BCUT2D eigenvalue weighted by molar-refractivity contribution is 6.30. The summed E-state index contributed by atoms with van der Waals surface area (Å²) in [4.78, 5) is 62.4. The number of halogens is 3. The van der Waals surface area contributed by atoms with Crippen LogP contribution in [0.25, 0.3) is 0 Å². The Bertz CT molecular complexity index is 1730. The van der Waals surface area contributed by atoms with Crippen LogP contribution in [0.1, 0.15) is 53.9 Å². The Morgan fingerprint density at radius 3 is 2.29 bits per heavy atom. The molecule has 0 unspecified atom stereocenters. The maximum Gasteiger partial charge on any atom is 0.410 e. The van der Waals surface area contributed by atoms with E-state index in [9.17, 15) is 24.3 Å². The number of hydrogen-bond donors (Lipinski definition) is 1. The third-order valence-corrected chi connectivity index (χ3v) is 12.9. The van der Waals surface area contributed by atoms with Crippen molar-refractivity contribution in [2.24, 2.45) is 28.6 Å². The lowest BCUT2D eigenvalue weighted by Crippen LogP contribution is -2.70. The number of nitrogens with zero attached hydrogens (tertiary/aromatic N) is 3. The fraction of sp³-hybridized carbons (Fsp3) is 0.632. The molecule has 282 valence electrons. The number of amides is 2. The standard InChI is InChI=1S/C38H46ClF2N3O8/c1-34(2,3)51-33(49)43-14-12-42(13-15-43)32(48)50-21-31(47)38-22(20-44(52-38)24-8-6-23(39)7-9-24)16-26-27-18-29(40)28-17-25(45)10-11-35(28,4)37(27,41)30(46)19-36(26,38)5/h6-11,17,22,26-27,29-30,46H,12-16,18-21H2,1-5H3/t22-,26-,27-,29-,30-,35-,36-,37-,38-/m0/s1. The van der Waals surface area contributed by atoms with Gasteiger partial charge in [-0.15, -0.1) is 0 Å². The number of aliphatic hydroxyl groups is 1. The maximum absolute atomic E-state index is 17.9. The van der Waals surface area contributed by atoms with E-state index < -0.39 is 88.1 Å². The summed E-state index contributed by atoms with van der Waals surface area (Å²) < 4.78 is 45.0. The van der Waals surface area contributed by atoms with Crippen LogP contribution < -0.4 is 5.06 Å². The highest BCUT2D eigenvalue weighted by Crippen LogP contribution is 2.72. The number of alkyl halides is 2. The molecule has 52 heavy (non-hydrogen) atoms. The summed E-state index contributed by atoms with van der Waals surface area (Å²) in [5.41, 5.74) is -6.77. The predicted molar refractivity (Wildman–Crippen MR) is 186 cm³/mol. The monoisotopic (exact) mass is 745 g/mol. The van der Waals surface area contributed by atoms with Gasteiger partial charge in [-0.05, 0) is 94.9 Å². The second-order valence-electron chi connectivity index (χ2n) is 16.6. The minimum atomic E-state index is -2.32. The highest BCUT2D eigenvalue weighted by atomic mass is 35.5. The minimum Gasteiger partial charge on any atom is -0.444 e. The summed E-state index contributed by atoms with van der Waals surface area (Å²) in [6, 6.07) is 6.88. The van der Waals surface area contributed by atoms with Crippen molar-refractivity contribution < 1.29 is 47.4 Å². The van der Waals surface area contributed by atoms with Crippen LogP contribution >= 0.6 is 11.6 Å². The number of Topliss-reactive ketones (excluding diaryl/α,β-unsaturated/α-hetero) is 1. The molecule has 5 fully saturated rings. The van der Waals surface area contributed by atoms with Gasteiger partial charge in [0.15, 0.2) is 23.7 Å². The van der Waals surface area contributed by atoms with E-state index in [1.165, 1.54) is 28.9 Å². The Labute approximate surface area is 306 Å². The molecular formula is C38H46ClF2N3O8. The van der Waals surface area contributed by atoms with E-state index in [-0.39, 0.29) is 51.1 Å². The van der Waals surface area contributed by atoms with Crippen molar-refractivity contribution in [2.75, 3.05) is 44.4 Å². The molecule has 0 radical (unpaired) electrons. The lowest BCUT2D eigenvalue weighted by atomic mass is 9.44. The van der Waals surface area contributed by atoms with Crippen LogP contribution in [0.3, 0.4) is 0 Å². The van der Waals surface area contributed by atoms with Crippen molar-refractivity contribution in [1.82, 2.24) is 9.80 Å². The number of ketones is 2. The van der Waals surface area contributed by atoms with E-state index >= 15 is 8.78 Å². The number of anilines is 1. The molecule has 6 aliphatic rings.